The Kier molecular flexibility index (Phi) is 6.25. The zero-order valence-corrected chi connectivity index (χ0v) is 19.1. The molecule has 2 heterocycles. The Morgan fingerprint density at radius 1 is 1.23 bits per heavy atom. The second kappa shape index (κ2) is 9.08. The third-order valence-electron chi connectivity index (χ3n) is 5.21. The smallest absolute Gasteiger partial charge is 0.258 e. The van der Waals surface area contributed by atoms with Gasteiger partial charge in [-0.1, -0.05) is 47.9 Å². The number of nitrogens with one attached hydrogen (secondary N) is 1. The predicted octanol–water partition coefficient (Wildman–Crippen LogP) is 5.47. The van der Waals surface area contributed by atoms with Crippen molar-refractivity contribution in [3.8, 4) is 17.1 Å². The van der Waals surface area contributed by atoms with E-state index in [-0.39, 0.29) is 6.04 Å². The van der Waals surface area contributed by atoms with Crippen LogP contribution in [0.25, 0.3) is 17.0 Å². The predicted molar refractivity (Wildman–Crippen MR) is 126 cm³/mol. The molecule has 1 unspecified atom stereocenters. The Morgan fingerprint density at radius 2 is 2.03 bits per heavy atom. The van der Waals surface area contributed by atoms with Crippen LogP contribution in [-0.2, 0) is 0 Å². The number of thiocarbonyl (C=S) groups is 1. The van der Waals surface area contributed by atoms with E-state index < -0.39 is 0 Å². The van der Waals surface area contributed by atoms with Gasteiger partial charge in [0.25, 0.3) is 5.89 Å². The van der Waals surface area contributed by atoms with Gasteiger partial charge in [0.05, 0.1) is 18.7 Å². The fourth-order valence-corrected chi connectivity index (χ4v) is 4.24. The van der Waals surface area contributed by atoms with Gasteiger partial charge in [-0.3, -0.25) is 0 Å². The normalized spacial score (nSPS) is 16.5. The maximum atomic E-state index is 6.27. The minimum absolute atomic E-state index is 0.252. The summed E-state index contributed by atoms with van der Waals surface area (Å²) < 4.78 is 11.1. The van der Waals surface area contributed by atoms with Crippen molar-refractivity contribution >= 4 is 34.5 Å². The van der Waals surface area contributed by atoms with E-state index in [9.17, 15) is 0 Å². The summed E-state index contributed by atoms with van der Waals surface area (Å²) in [6.07, 6.45) is 0.952. The molecule has 8 heteroatoms. The minimum Gasteiger partial charge on any atom is -0.497 e. The van der Waals surface area contributed by atoms with Crippen LogP contribution in [-0.4, -0.2) is 33.8 Å². The number of benzene rings is 2. The second-order valence-corrected chi connectivity index (χ2v) is 8.07. The van der Waals surface area contributed by atoms with Gasteiger partial charge in [-0.05, 0) is 55.4 Å². The van der Waals surface area contributed by atoms with Crippen molar-refractivity contribution in [1.82, 2.24) is 20.4 Å². The Morgan fingerprint density at radius 3 is 2.77 bits per heavy atom. The van der Waals surface area contributed by atoms with Crippen molar-refractivity contribution < 1.29 is 9.26 Å². The van der Waals surface area contributed by atoms with Gasteiger partial charge in [0.2, 0.25) is 5.82 Å². The first-order valence-electron chi connectivity index (χ1n) is 10.0. The number of aromatic nitrogens is 2. The highest BCUT2D eigenvalue weighted by Crippen LogP contribution is 2.38. The number of hydrogen-bond donors (Lipinski definition) is 1. The van der Waals surface area contributed by atoms with E-state index in [1.165, 1.54) is 0 Å². The quantitative estimate of drug-likeness (QED) is 0.495. The number of methoxy groups -OCH3 is 1. The third-order valence-corrected chi connectivity index (χ3v) is 5.78. The van der Waals surface area contributed by atoms with Gasteiger partial charge in [0.15, 0.2) is 5.11 Å². The molecule has 0 fully saturated rings. The van der Waals surface area contributed by atoms with Gasteiger partial charge in [-0.25, -0.2) is 0 Å². The molecule has 6 nitrogen and oxygen atoms in total. The number of ether oxygens (including phenoxy) is 1. The van der Waals surface area contributed by atoms with Crippen molar-refractivity contribution in [2.45, 2.75) is 26.3 Å². The molecular formula is C23H23ClN4O2S. The highest BCUT2D eigenvalue weighted by atomic mass is 35.5. The molecule has 160 valence electrons. The lowest BCUT2D eigenvalue weighted by Gasteiger charge is -2.37. The topological polar surface area (TPSA) is 63.4 Å². The van der Waals surface area contributed by atoms with Crippen molar-refractivity contribution in [2.24, 2.45) is 0 Å². The van der Waals surface area contributed by atoms with Gasteiger partial charge < -0.3 is 19.5 Å². The Bertz CT molecular complexity index is 1140. The highest BCUT2D eigenvalue weighted by molar-refractivity contribution is 7.80. The molecule has 1 aromatic heterocycles. The van der Waals surface area contributed by atoms with Crippen LogP contribution in [0.1, 0.15) is 37.8 Å². The molecule has 0 spiro atoms. The van der Waals surface area contributed by atoms with E-state index in [4.69, 9.17) is 38.1 Å². The zero-order valence-electron chi connectivity index (χ0n) is 17.6. The standard InChI is InChI=1S/C23H23ClN4O2S/c1-4-11-28-14(2)19(20(25-23(28)31)15-7-5-9-17(24)12-15)22-26-21(27-30-22)16-8-6-10-18(13-16)29-3/h5-10,12-13,20H,4,11H2,1-3H3,(H,25,31). The van der Waals surface area contributed by atoms with Crippen LogP contribution in [0, 0.1) is 0 Å². The summed E-state index contributed by atoms with van der Waals surface area (Å²) in [5.74, 6) is 1.67. The average Bonchev–Trinajstić information content (AvgIpc) is 3.26. The van der Waals surface area contributed by atoms with Crippen LogP contribution in [0.5, 0.6) is 5.75 Å². The summed E-state index contributed by atoms with van der Waals surface area (Å²) >= 11 is 11.9. The molecule has 31 heavy (non-hydrogen) atoms. The fourth-order valence-electron chi connectivity index (χ4n) is 3.70. The third kappa shape index (κ3) is 4.29. The van der Waals surface area contributed by atoms with E-state index in [0.717, 1.165) is 41.1 Å². The molecule has 0 bridgehead atoms. The van der Waals surface area contributed by atoms with Crippen LogP contribution < -0.4 is 10.1 Å². The minimum atomic E-state index is -0.252. The molecular weight excluding hydrogens is 432 g/mol. The molecule has 1 aliphatic heterocycles. The maximum absolute atomic E-state index is 6.27. The average molecular weight is 455 g/mol. The number of rotatable bonds is 6. The summed E-state index contributed by atoms with van der Waals surface area (Å²) in [5.41, 5.74) is 3.65. The first-order chi connectivity index (χ1) is 15.0. The molecule has 1 aliphatic rings. The van der Waals surface area contributed by atoms with Crippen molar-refractivity contribution in [2.75, 3.05) is 13.7 Å². The van der Waals surface area contributed by atoms with E-state index in [1.807, 2.05) is 55.5 Å². The van der Waals surface area contributed by atoms with Crippen LogP contribution in [0.4, 0.5) is 0 Å². The van der Waals surface area contributed by atoms with E-state index in [0.29, 0.717) is 21.9 Å². The molecule has 2 aromatic carbocycles. The lowest BCUT2D eigenvalue weighted by atomic mass is 9.95. The first kappa shape index (κ1) is 21.3. The Balaban J connectivity index is 1.81. The molecule has 4 rings (SSSR count). The second-order valence-electron chi connectivity index (χ2n) is 7.24. The summed E-state index contributed by atoms with van der Waals surface area (Å²) in [5, 5.41) is 8.98. The molecule has 1 atom stereocenters. The van der Waals surface area contributed by atoms with E-state index >= 15 is 0 Å². The van der Waals surface area contributed by atoms with Crippen LogP contribution >= 0.6 is 23.8 Å². The van der Waals surface area contributed by atoms with Crippen LogP contribution in [0.3, 0.4) is 0 Å². The van der Waals surface area contributed by atoms with Gasteiger partial charge >= 0.3 is 0 Å². The number of nitrogens with zero attached hydrogens (tertiary/aromatic N) is 3. The molecule has 0 saturated carbocycles. The SMILES string of the molecule is CCCN1C(=S)NC(c2cccc(Cl)c2)C(c2nc(-c3cccc(OC)c3)no2)=C1C. The molecule has 3 aromatic rings. The monoisotopic (exact) mass is 454 g/mol. The summed E-state index contributed by atoms with van der Waals surface area (Å²) in [6, 6.07) is 15.0. The van der Waals surface area contributed by atoms with Gasteiger partial charge in [0.1, 0.15) is 5.75 Å². The van der Waals surface area contributed by atoms with Gasteiger partial charge in [-0.15, -0.1) is 0 Å². The molecule has 0 amide bonds. The molecule has 0 saturated heterocycles. The van der Waals surface area contributed by atoms with E-state index in [1.54, 1.807) is 7.11 Å². The van der Waals surface area contributed by atoms with Crippen LogP contribution in [0.2, 0.25) is 5.02 Å². The maximum Gasteiger partial charge on any atom is 0.258 e. The number of halogens is 1. The number of allylic oxidation sites excluding steroid dienone is 1. The van der Waals surface area contributed by atoms with Crippen molar-refractivity contribution in [3.63, 3.8) is 0 Å². The summed E-state index contributed by atoms with van der Waals surface area (Å²) in [4.78, 5) is 6.78. The fraction of sp³-hybridized carbons (Fsp3) is 0.261. The molecule has 1 N–H and O–H groups in total. The largest absolute Gasteiger partial charge is 0.497 e. The molecule has 0 aliphatic carbocycles. The lowest BCUT2D eigenvalue weighted by molar-refractivity contribution is 0.396. The van der Waals surface area contributed by atoms with Crippen LogP contribution in [0.15, 0.2) is 58.8 Å². The first-order valence-corrected chi connectivity index (χ1v) is 10.8. The highest BCUT2D eigenvalue weighted by Gasteiger charge is 2.33. The van der Waals surface area contributed by atoms with E-state index in [2.05, 4.69) is 22.3 Å². The Labute approximate surface area is 191 Å². The summed E-state index contributed by atoms with van der Waals surface area (Å²) in [7, 11) is 1.63. The van der Waals surface area contributed by atoms with Gasteiger partial charge in [-0.2, -0.15) is 4.98 Å². The molecule has 0 radical (unpaired) electrons. The van der Waals surface area contributed by atoms with Crippen molar-refractivity contribution in [1.29, 1.82) is 0 Å². The zero-order chi connectivity index (χ0) is 22.0. The van der Waals surface area contributed by atoms with Gasteiger partial charge in [0, 0.05) is 22.8 Å². The lowest BCUT2D eigenvalue weighted by Crippen LogP contribution is -2.46. The number of hydrogen-bond acceptors (Lipinski definition) is 5. The Hall–Kier alpha value is -2.90. The summed E-state index contributed by atoms with van der Waals surface area (Å²) in [6.45, 7) is 4.94. The van der Waals surface area contributed by atoms with Crippen molar-refractivity contribution in [3.05, 3.63) is 70.7 Å².